The number of aliphatic hydroxyl groups is 1. The van der Waals surface area contributed by atoms with Crippen molar-refractivity contribution in [2.75, 3.05) is 32.7 Å². The van der Waals surface area contributed by atoms with Crippen LogP contribution < -0.4 is 0 Å². The highest BCUT2D eigenvalue weighted by Crippen LogP contribution is 2.27. The topological polar surface area (TPSA) is 43.8 Å². The molecular weight excluding hydrogens is 285 g/mol. The van der Waals surface area contributed by atoms with Crippen LogP contribution in [0.2, 0.25) is 0 Å². The minimum atomic E-state index is -4.20. The minimum Gasteiger partial charge on any atom is -0.383 e. The summed E-state index contributed by atoms with van der Waals surface area (Å²) < 4.78 is 36.9. The van der Waals surface area contributed by atoms with Gasteiger partial charge in [-0.2, -0.15) is 13.2 Å². The Balaban J connectivity index is 1.79. The second-order valence-electron chi connectivity index (χ2n) is 6.06. The number of carbonyl (C=O) groups is 1. The van der Waals surface area contributed by atoms with Gasteiger partial charge in [-0.1, -0.05) is 19.3 Å². The van der Waals surface area contributed by atoms with Gasteiger partial charge in [0.1, 0.15) is 6.10 Å². The molecule has 1 saturated heterocycles. The van der Waals surface area contributed by atoms with Gasteiger partial charge in [0.2, 0.25) is 0 Å². The first-order valence-electron chi connectivity index (χ1n) is 7.63. The van der Waals surface area contributed by atoms with Gasteiger partial charge in [0.15, 0.2) is 0 Å². The van der Waals surface area contributed by atoms with E-state index in [0.29, 0.717) is 0 Å². The predicted octanol–water partition coefficient (Wildman–Crippen LogP) is 1.63. The van der Waals surface area contributed by atoms with E-state index in [1.54, 1.807) is 0 Å². The Morgan fingerprint density at radius 2 is 1.67 bits per heavy atom. The fourth-order valence-corrected chi connectivity index (χ4v) is 3.22. The molecule has 0 unspecified atom stereocenters. The Morgan fingerprint density at radius 1 is 1.10 bits per heavy atom. The third kappa shape index (κ3) is 4.85. The Bertz CT molecular complexity index is 349. The van der Waals surface area contributed by atoms with Crippen molar-refractivity contribution < 1.29 is 23.1 Å². The Kier molecular flexibility index (Phi) is 5.48. The monoisotopic (exact) mass is 308 g/mol. The molecule has 1 aliphatic carbocycles. The van der Waals surface area contributed by atoms with Gasteiger partial charge >= 0.3 is 6.18 Å². The van der Waals surface area contributed by atoms with E-state index >= 15 is 0 Å². The van der Waals surface area contributed by atoms with Crippen molar-refractivity contribution in [1.29, 1.82) is 0 Å². The molecule has 21 heavy (non-hydrogen) atoms. The number of halogens is 3. The molecule has 0 radical (unpaired) electrons. The third-order valence-electron chi connectivity index (χ3n) is 4.44. The van der Waals surface area contributed by atoms with Crippen LogP contribution in [0, 0.1) is 5.92 Å². The molecule has 2 aliphatic rings. The fourth-order valence-electron chi connectivity index (χ4n) is 3.22. The van der Waals surface area contributed by atoms with Gasteiger partial charge in [0.25, 0.3) is 5.91 Å². The number of aliphatic hydroxyl groups excluding tert-OH is 1. The normalized spacial score (nSPS) is 24.1. The van der Waals surface area contributed by atoms with Gasteiger partial charge in [-0.3, -0.25) is 9.69 Å². The predicted molar refractivity (Wildman–Crippen MR) is 71.7 cm³/mol. The van der Waals surface area contributed by atoms with E-state index in [0.717, 1.165) is 32.1 Å². The molecule has 7 heteroatoms. The third-order valence-corrected chi connectivity index (χ3v) is 4.44. The number of piperazine rings is 1. The average molecular weight is 308 g/mol. The molecule has 122 valence electrons. The van der Waals surface area contributed by atoms with Crippen molar-refractivity contribution >= 4 is 5.91 Å². The maximum Gasteiger partial charge on any atom is 0.401 e. The van der Waals surface area contributed by atoms with Crippen molar-refractivity contribution in [3.63, 3.8) is 0 Å². The largest absolute Gasteiger partial charge is 0.401 e. The summed E-state index contributed by atoms with van der Waals surface area (Å²) in [6.45, 7) is 0.0167. The van der Waals surface area contributed by atoms with E-state index < -0.39 is 18.8 Å². The highest BCUT2D eigenvalue weighted by Gasteiger charge is 2.35. The minimum absolute atomic E-state index is 0.0134. The van der Waals surface area contributed by atoms with E-state index in [4.69, 9.17) is 0 Å². The molecule has 1 atom stereocenters. The van der Waals surface area contributed by atoms with Crippen molar-refractivity contribution in [3.05, 3.63) is 0 Å². The molecule has 0 aromatic heterocycles. The van der Waals surface area contributed by atoms with Crippen molar-refractivity contribution in [3.8, 4) is 0 Å². The molecule has 2 fully saturated rings. The lowest BCUT2D eigenvalue weighted by Gasteiger charge is -2.37. The first-order valence-corrected chi connectivity index (χ1v) is 7.63. The van der Waals surface area contributed by atoms with Crippen LogP contribution in [0.5, 0.6) is 0 Å². The molecule has 1 aliphatic heterocycles. The van der Waals surface area contributed by atoms with Gasteiger partial charge < -0.3 is 10.0 Å². The number of nitrogens with zero attached hydrogens (tertiary/aromatic N) is 2. The zero-order valence-electron chi connectivity index (χ0n) is 12.1. The number of alkyl halides is 3. The summed E-state index contributed by atoms with van der Waals surface area (Å²) in [6, 6.07) is 0. The fraction of sp³-hybridized carbons (Fsp3) is 0.929. The maximum absolute atomic E-state index is 12.3. The molecule has 1 heterocycles. The van der Waals surface area contributed by atoms with Crippen molar-refractivity contribution in [2.45, 2.75) is 44.4 Å². The summed E-state index contributed by atoms with van der Waals surface area (Å²) in [6.07, 6.45) is -0.245. The molecule has 0 bridgehead atoms. The van der Waals surface area contributed by atoms with Crippen LogP contribution in [0.4, 0.5) is 13.2 Å². The summed E-state index contributed by atoms with van der Waals surface area (Å²) in [5, 5.41) is 10.2. The standard InChI is InChI=1S/C14H23F3N2O2/c15-14(16,17)10-18-6-8-19(9-7-18)13(21)12(20)11-4-2-1-3-5-11/h11-12,20H,1-10H2/t12-/m1/s1. The first kappa shape index (κ1) is 16.5. The number of hydrogen-bond acceptors (Lipinski definition) is 3. The molecule has 1 saturated carbocycles. The van der Waals surface area contributed by atoms with E-state index in [9.17, 15) is 23.1 Å². The van der Waals surface area contributed by atoms with E-state index in [-0.39, 0.29) is 38.0 Å². The first-order chi connectivity index (χ1) is 9.87. The SMILES string of the molecule is O=C([C@H](O)C1CCCCC1)N1CCN(CC(F)(F)F)CC1. The average Bonchev–Trinajstić information content (AvgIpc) is 2.46. The second-order valence-corrected chi connectivity index (χ2v) is 6.06. The smallest absolute Gasteiger partial charge is 0.383 e. The van der Waals surface area contributed by atoms with Gasteiger partial charge in [-0.05, 0) is 18.8 Å². The lowest BCUT2D eigenvalue weighted by molar-refractivity contribution is -0.155. The Morgan fingerprint density at radius 3 is 2.19 bits per heavy atom. The van der Waals surface area contributed by atoms with Gasteiger partial charge in [-0.25, -0.2) is 0 Å². The van der Waals surface area contributed by atoms with Crippen molar-refractivity contribution in [1.82, 2.24) is 9.80 Å². The quantitative estimate of drug-likeness (QED) is 0.862. The van der Waals surface area contributed by atoms with Crippen LogP contribution in [0.25, 0.3) is 0 Å². The summed E-state index contributed by atoms with van der Waals surface area (Å²) >= 11 is 0. The number of hydrogen-bond donors (Lipinski definition) is 1. The van der Waals surface area contributed by atoms with Crippen molar-refractivity contribution in [2.24, 2.45) is 5.92 Å². The molecular formula is C14H23F3N2O2. The highest BCUT2D eigenvalue weighted by molar-refractivity contribution is 5.81. The van der Waals surface area contributed by atoms with E-state index in [1.807, 2.05) is 0 Å². The number of amides is 1. The van der Waals surface area contributed by atoms with Crippen LogP contribution in [0.15, 0.2) is 0 Å². The molecule has 0 spiro atoms. The molecule has 0 aromatic rings. The molecule has 2 rings (SSSR count). The molecule has 1 N–H and O–H groups in total. The van der Waals surface area contributed by atoms with E-state index in [1.165, 1.54) is 9.80 Å². The Labute approximate surface area is 122 Å². The Hall–Kier alpha value is -0.820. The van der Waals surface area contributed by atoms with E-state index in [2.05, 4.69) is 0 Å². The summed E-state index contributed by atoms with van der Waals surface area (Å²) in [7, 11) is 0. The van der Waals surface area contributed by atoms with Crippen LogP contribution >= 0.6 is 0 Å². The molecule has 4 nitrogen and oxygen atoms in total. The zero-order valence-corrected chi connectivity index (χ0v) is 12.1. The number of rotatable bonds is 3. The summed E-state index contributed by atoms with van der Waals surface area (Å²) in [5.41, 5.74) is 0. The van der Waals surface area contributed by atoms with Gasteiger partial charge in [0.05, 0.1) is 6.54 Å². The number of carbonyl (C=O) groups excluding carboxylic acids is 1. The summed E-state index contributed by atoms with van der Waals surface area (Å²) in [4.78, 5) is 15.0. The molecule has 1 amide bonds. The van der Waals surface area contributed by atoms with Gasteiger partial charge in [-0.15, -0.1) is 0 Å². The lowest BCUT2D eigenvalue weighted by Crippen LogP contribution is -2.54. The lowest BCUT2D eigenvalue weighted by atomic mass is 9.85. The van der Waals surface area contributed by atoms with Crippen LogP contribution in [-0.2, 0) is 4.79 Å². The zero-order chi connectivity index (χ0) is 15.5. The van der Waals surface area contributed by atoms with Gasteiger partial charge in [0, 0.05) is 26.2 Å². The maximum atomic E-state index is 12.3. The highest BCUT2D eigenvalue weighted by atomic mass is 19.4. The van der Waals surface area contributed by atoms with Crippen LogP contribution in [0.3, 0.4) is 0 Å². The second kappa shape index (κ2) is 6.96. The van der Waals surface area contributed by atoms with Crippen LogP contribution in [0.1, 0.15) is 32.1 Å². The molecule has 0 aromatic carbocycles. The van der Waals surface area contributed by atoms with Crippen LogP contribution in [-0.4, -0.2) is 65.8 Å². The summed E-state index contributed by atoms with van der Waals surface area (Å²) in [5.74, 6) is -0.298.